The first-order valence-electron chi connectivity index (χ1n) is 4.68. The summed E-state index contributed by atoms with van der Waals surface area (Å²) in [5, 5.41) is 0.261. The van der Waals surface area contributed by atoms with Crippen molar-refractivity contribution in [2.75, 3.05) is 23.8 Å². The Morgan fingerprint density at radius 2 is 2.00 bits per heavy atom. The Kier molecular flexibility index (Phi) is 6.95. The summed E-state index contributed by atoms with van der Waals surface area (Å²) in [5.74, 6) is -0.143. The Morgan fingerprint density at radius 1 is 1.40 bits per heavy atom. The van der Waals surface area contributed by atoms with E-state index >= 15 is 0 Å². The highest BCUT2D eigenvalue weighted by Gasteiger charge is 2.12. The average molecular weight is 254 g/mol. The van der Waals surface area contributed by atoms with Crippen LogP contribution >= 0.6 is 11.8 Å². The Bertz CT molecular complexity index is 290. The van der Waals surface area contributed by atoms with Crippen LogP contribution in [0.15, 0.2) is 0 Å². The fraction of sp³-hybridized carbons (Fsp3) is 0.875. The smallest absolute Gasteiger partial charge is 0.218 e. The van der Waals surface area contributed by atoms with Gasteiger partial charge in [-0.05, 0) is 0 Å². The lowest BCUT2D eigenvalue weighted by Gasteiger charge is -2.07. The molecule has 0 fully saturated rings. The van der Waals surface area contributed by atoms with Crippen LogP contribution in [0.5, 0.6) is 0 Å². The highest BCUT2D eigenvalue weighted by atomic mass is 32.2. The summed E-state index contributed by atoms with van der Waals surface area (Å²) in [4.78, 5) is 10.4. The van der Waals surface area contributed by atoms with Crippen LogP contribution in [-0.2, 0) is 14.6 Å². The van der Waals surface area contributed by atoms with Crippen LogP contribution in [0.4, 0.5) is 0 Å². The molecular weight excluding hydrogens is 236 g/mol. The number of nitrogens with two attached hydrogens (primary N) is 2. The molecule has 0 aliphatic heterocycles. The van der Waals surface area contributed by atoms with Crippen LogP contribution < -0.4 is 11.5 Å². The van der Waals surface area contributed by atoms with Crippen LogP contribution in [0.1, 0.15) is 13.3 Å². The second-order valence-corrected chi connectivity index (χ2v) is 7.14. The monoisotopic (exact) mass is 254 g/mol. The highest BCUT2D eigenvalue weighted by Crippen LogP contribution is 2.09. The van der Waals surface area contributed by atoms with Crippen molar-refractivity contribution in [2.45, 2.75) is 18.6 Å². The van der Waals surface area contributed by atoms with Crippen LogP contribution in [0.2, 0.25) is 0 Å². The topological polar surface area (TPSA) is 103 Å². The first-order valence-corrected chi connectivity index (χ1v) is 7.55. The van der Waals surface area contributed by atoms with E-state index in [9.17, 15) is 13.2 Å². The van der Waals surface area contributed by atoms with E-state index in [-0.39, 0.29) is 23.2 Å². The van der Waals surface area contributed by atoms with Gasteiger partial charge in [0.25, 0.3) is 0 Å². The molecule has 0 bridgehead atoms. The van der Waals surface area contributed by atoms with Gasteiger partial charge in [0.15, 0.2) is 9.84 Å². The Balaban J connectivity index is 3.79. The van der Waals surface area contributed by atoms with E-state index in [1.165, 1.54) is 11.8 Å². The largest absolute Gasteiger partial charge is 0.370 e. The van der Waals surface area contributed by atoms with E-state index in [0.29, 0.717) is 12.3 Å². The molecule has 1 unspecified atom stereocenters. The molecule has 0 aliphatic carbocycles. The van der Waals surface area contributed by atoms with E-state index in [2.05, 4.69) is 0 Å². The van der Waals surface area contributed by atoms with Crippen LogP contribution in [-0.4, -0.2) is 43.4 Å². The second-order valence-electron chi connectivity index (χ2n) is 3.29. The zero-order chi connectivity index (χ0) is 11.9. The minimum Gasteiger partial charge on any atom is -0.370 e. The number of thioether (sulfide) groups is 1. The van der Waals surface area contributed by atoms with Gasteiger partial charge < -0.3 is 11.5 Å². The molecule has 1 atom stereocenters. The summed E-state index contributed by atoms with van der Waals surface area (Å²) >= 11 is 1.52. The Morgan fingerprint density at radius 3 is 2.47 bits per heavy atom. The molecule has 1 amide bonds. The third-order valence-electron chi connectivity index (χ3n) is 1.79. The second kappa shape index (κ2) is 7.08. The maximum Gasteiger partial charge on any atom is 0.218 e. The van der Waals surface area contributed by atoms with E-state index in [1.54, 1.807) is 0 Å². The molecule has 4 N–H and O–H groups in total. The number of primary amides is 1. The van der Waals surface area contributed by atoms with Crippen LogP contribution in [0.25, 0.3) is 0 Å². The molecule has 7 heteroatoms. The maximum atomic E-state index is 11.4. The van der Waals surface area contributed by atoms with E-state index < -0.39 is 15.7 Å². The van der Waals surface area contributed by atoms with Crippen molar-refractivity contribution in [3.05, 3.63) is 0 Å². The van der Waals surface area contributed by atoms with E-state index in [1.807, 2.05) is 6.92 Å². The molecule has 0 radical (unpaired) electrons. The van der Waals surface area contributed by atoms with Crippen LogP contribution in [0, 0.1) is 0 Å². The molecule has 0 aromatic rings. The zero-order valence-corrected chi connectivity index (χ0v) is 10.4. The fourth-order valence-corrected chi connectivity index (χ4v) is 3.46. The molecule has 5 nitrogen and oxygen atoms in total. The first kappa shape index (κ1) is 14.7. The van der Waals surface area contributed by atoms with Gasteiger partial charge in [0.05, 0.1) is 11.5 Å². The minimum absolute atomic E-state index is 0.0787. The summed E-state index contributed by atoms with van der Waals surface area (Å²) in [7, 11) is -3.14. The van der Waals surface area contributed by atoms with Gasteiger partial charge >= 0.3 is 0 Å². The lowest BCUT2D eigenvalue weighted by molar-refractivity contribution is -0.117. The molecule has 0 saturated heterocycles. The Labute approximate surface area is 94.9 Å². The lowest BCUT2D eigenvalue weighted by atomic mass is 10.5. The predicted molar refractivity (Wildman–Crippen MR) is 63.4 cm³/mol. The third-order valence-corrected chi connectivity index (χ3v) is 4.90. The number of sulfone groups is 1. The first-order chi connectivity index (χ1) is 6.87. The van der Waals surface area contributed by atoms with Gasteiger partial charge in [-0.25, -0.2) is 8.42 Å². The summed E-state index contributed by atoms with van der Waals surface area (Å²) in [6, 6.07) is 0. The van der Waals surface area contributed by atoms with Crippen molar-refractivity contribution in [1.29, 1.82) is 0 Å². The maximum absolute atomic E-state index is 11.4. The Hall–Kier alpha value is -0.270. The summed E-state index contributed by atoms with van der Waals surface area (Å²) < 4.78 is 22.7. The summed E-state index contributed by atoms with van der Waals surface area (Å²) in [6.45, 7) is 2.48. The van der Waals surface area contributed by atoms with Crippen LogP contribution in [0.3, 0.4) is 0 Å². The van der Waals surface area contributed by atoms with Gasteiger partial charge in [0.2, 0.25) is 5.91 Å². The van der Waals surface area contributed by atoms with E-state index in [4.69, 9.17) is 11.5 Å². The van der Waals surface area contributed by atoms with Gasteiger partial charge in [0.1, 0.15) is 0 Å². The van der Waals surface area contributed by atoms with Crippen molar-refractivity contribution < 1.29 is 13.2 Å². The number of carbonyl (C=O) groups excluding carboxylic acids is 1. The average Bonchev–Trinajstić information content (AvgIpc) is 2.14. The molecule has 0 aliphatic rings. The third kappa shape index (κ3) is 8.71. The van der Waals surface area contributed by atoms with Gasteiger partial charge in [-0.2, -0.15) is 11.8 Å². The number of carbonyl (C=O) groups is 1. The van der Waals surface area contributed by atoms with E-state index in [0.717, 1.165) is 0 Å². The number of hydrogen-bond acceptors (Lipinski definition) is 5. The van der Waals surface area contributed by atoms with Gasteiger partial charge in [-0.3, -0.25) is 4.79 Å². The molecule has 0 heterocycles. The number of amides is 1. The summed E-state index contributed by atoms with van der Waals surface area (Å²) in [5.41, 5.74) is 10.3. The molecule has 90 valence electrons. The van der Waals surface area contributed by atoms with Crippen molar-refractivity contribution in [2.24, 2.45) is 11.5 Å². The van der Waals surface area contributed by atoms with Crippen molar-refractivity contribution in [1.82, 2.24) is 0 Å². The number of hydrogen-bond donors (Lipinski definition) is 2. The quantitative estimate of drug-likeness (QED) is 0.599. The number of rotatable bonds is 8. The zero-order valence-electron chi connectivity index (χ0n) is 8.81. The minimum atomic E-state index is -3.14. The van der Waals surface area contributed by atoms with Gasteiger partial charge in [-0.15, -0.1) is 0 Å². The molecule has 0 rings (SSSR count). The highest BCUT2D eigenvalue weighted by molar-refractivity contribution is 8.01. The molecule has 0 aromatic heterocycles. The molecule has 0 saturated carbocycles. The molecule has 15 heavy (non-hydrogen) atoms. The molecular formula is C8H18N2O3S2. The normalized spacial score (nSPS) is 13.7. The lowest BCUT2D eigenvalue weighted by Crippen LogP contribution is -2.21. The molecule has 0 aromatic carbocycles. The standard InChI is InChI=1S/C8H18N2O3S2/c1-7(6-9)14-3-5-15(12,13)4-2-8(10)11/h7H,2-6,9H2,1H3,(H2,10,11). The summed E-state index contributed by atoms with van der Waals surface area (Å²) in [6.07, 6.45) is -0.0978. The molecule has 0 spiro atoms. The van der Waals surface area contributed by atoms with Gasteiger partial charge in [0, 0.05) is 24.0 Å². The fourth-order valence-electron chi connectivity index (χ4n) is 0.802. The van der Waals surface area contributed by atoms with Crippen molar-refractivity contribution in [3.8, 4) is 0 Å². The van der Waals surface area contributed by atoms with Crippen molar-refractivity contribution >= 4 is 27.5 Å². The predicted octanol–water partition coefficient (Wildman–Crippen LogP) is -0.643. The van der Waals surface area contributed by atoms with Gasteiger partial charge in [-0.1, -0.05) is 6.92 Å². The van der Waals surface area contributed by atoms with Crippen molar-refractivity contribution in [3.63, 3.8) is 0 Å². The SMILES string of the molecule is CC(CN)SCCS(=O)(=O)CCC(N)=O.